The van der Waals surface area contributed by atoms with E-state index in [2.05, 4.69) is 20.9 Å². The second-order valence-electron chi connectivity index (χ2n) is 3.31. The van der Waals surface area contributed by atoms with Gasteiger partial charge in [0.25, 0.3) is 6.43 Å². The molecule has 0 radical (unpaired) electrons. The molecule has 1 aromatic heterocycles. The molecular formula is C11H12BrF2NO2. The Labute approximate surface area is 106 Å². The molecule has 0 amide bonds. The first kappa shape index (κ1) is 14.0. The highest BCUT2D eigenvalue weighted by molar-refractivity contribution is 9.08. The van der Waals surface area contributed by atoms with Gasteiger partial charge in [-0.05, 0) is 24.6 Å². The van der Waals surface area contributed by atoms with Crippen LogP contribution in [0, 0.1) is 0 Å². The number of rotatable bonds is 5. The van der Waals surface area contributed by atoms with Crippen molar-refractivity contribution in [1.29, 1.82) is 0 Å². The van der Waals surface area contributed by atoms with Crippen molar-refractivity contribution in [1.82, 2.24) is 4.98 Å². The van der Waals surface area contributed by atoms with E-state index in [-0.39, 0.29) is 18.7 Å². The molecule has 3 nitrogen and oxygen atoms in total. The van der Waals surface area contributed by atoms with E-state index in [1.165, 1.54) is 6.07 Å². The summed E-state index contributed by atoms with van der Waals surface area (Å²) < 4.78 is 29.9. The van der Waals surface area contributed by atoms with Crippen LogP contribution < -0.4 is 0 Å². The number of alkyl halides is 3. The highest BCUT2D eigenvalue weighted by Gasteiger charge is 2.13. The van der Waals surface area contributed by atoms with Crippen molar-refractivity contribution >= 4 is 21.9 Å². The number of esters is 1. The van der Waals surface area contributed by atoms with Crippen molar-refractivity contribution in [3.63, 3.8) is 0 Å². The first-order valence-electron chi connectivity index (χ1n) is 5.06. The minimum absolute atomic E-state index is 0.0889. The average Bonchev–Trinajstić information content (AvgIpc) is 2.28. The van der Waals surface area contributed by atoms with Gasteiger partial charge < -0.3 is 4.74 Å². The van der Waals surface area contributed by atoms with Crippen LogP contribution in [-0.2, 0) is 21.3 Å². The summed E-state index contributed by atoms with van der Waals surface area (Å²) in [4.78, 5) is 15.0. The maximum Gasteiger partial charge on any atom is 0.311 e. The fourth-order valence-electron chi connectivity index (χ4n) is 1.32. The number of ether oxygens (including phenoxy) is 1. The molecule has 0 aliphatic heterocycles. The molecule has 0 atom stereocenters. The molecule has 1 heterocycles. The number of hydrogen-bond acceptors (Lipinski definition) is 3. The van der Waals surface area contributed by atoms with E-state index in [1.807, 2.05) is 0 Å². The molecule has 0 saturated heterocycles. The van der Waals surface area contributed by atoms with Gasteiger partial charge in [-0.2, -0.15) is 0 Å². The molecular weight excluding hydrogens is 296 g/mol. The van der Waals surface area contributed by atoms with E-state index in [0.717, 1.165) is 0 Å². The molecule has 0 aliphatic carbocycles. The molecule has 0 saturated carbocycles. The Bertz CT molecular complexity index is 399. The minimum Gasteiger partial charge on any atom is -0.466 e. The Morgan fingerprint density at radius 1 is 1.53 bits per heavy atom. The molecule has 6 heteroatoms. The first-order chi connectivity index (χ1) is 8.06. The summed E-state index contributed by atoms with van der Waals surface area (Å²) in [7, 11) is 0. The van der Waals surface area contributed by atoms with Crippen LogP contribution in [0.5, 0.6) is 0 Å². The van der Waals surface area contributed by atoms with Gasteiger partial charge in [-0.1, -0.05) is 15.9 Å². The third-order valence-corrected chi connectivity index (χ3v) is 2.61. The third kappa shape index (κ3) is 4.38. The summed E-state index contributed by atoms with van der Waals surface area (Å²) in [5.74, 6) is -0.466. The average molecular weight is 308 g/mol. The number of hydrogen-bond donors (Lipinski definition) is 0. The van der Waals surface area contributed by atoms with Gasteiger partial charge in [0.05, 0.1) is 18.7 Å². The van der Waals surface area contributed by atoms with Crippen molar-refractivity contribution in [3.8, 4) is 0 Å². The molecule has 0 spiro atoms. The number of halogens is 3. The number of nitrogens with zero attached hydrogens (tertiary/aromatic N) is 1. The number of carbonyl (C=O) groups excluding carboxylic acids is 1. The molecule has 17 heavy (non-hydrogen) atoms. The largest absolute Gasteiger partial charge is 0.466 e. The van der Waals surface area contributed by atoms with E-state index in [4.69, 9.17) is 4.74 Å². The van der Waals surface area contributed by atoms with Gasteiger partial charge in [-0.3, -0.25) is 9.78 Å². The Morgan fingerprint density at radius 3 is 2.76 bits per heavy atom. The highest BCUT2D eigenvalue weighted by atomic mass is 79.9. The summed E-state index contributed by atoms with van der Waals surface area (Å²) in [5, 5.41) is 0.436. The van der Waals surface area contributed by atoms with Crippen LogP contribution in [0.1, 0.15) is 30.3 Å². The van der Waals surface area contributed by atoms with Crippen LogP contribution in [0.15, 0.2) is 12.1 Å². The van der Waals surface area contributed by atoms with Gasteiger partial charge in [0, 0.05) is 5.33 Å². The van der Waals surface area contributed by atoms with E-state index in [1.54, 1.807) is 13.0 Å². The predicted octanol–water partition coefficient (Wildman–Crippen LogP) is 3.02. The molecule has 94 valence electrons. The summed E-state index contributed by atoms with van der Waals surface area (Å²) in [6, 6.07) is 2.92. The highest BCUT2D eigenvalue weighted by Crippen LogP contribution is 2.20. The normalized spacial score (nSPS) is 10.6. The van der Waals surface area contributed by atoms with Gasteiger partial charge >= 0.3 is 5.97 Å². The van der Waals surface area contributed by atoms with Crippen molar-refractivity contribution < 1.29 is 18.3 Å². The second kappa shape index (κ2) is 6.64. The van der Waals surface area contributed by atoms with Gasteiger partial charge in [-0.15, -0.1) is 0 Å². The zero-order chi connectivity index (χ0) is 12.8. The Morgan fingerprint density at radius 2 is 2.24 bits per heavy atom. The van der Waals surface area contributed by atoms with Crippen molar-refractivity contribution in [2.24, 2.45) is 0 Å². The lowest BCUT2D eigenvalue weighted by atomic mass is 10.2. The lowest BCUT2D eigenvalue weighted by molar-refractivity contribution is -0.142. The maximum atomic E-state index is 12.6. The fourth-order valence-corrected chi connectivity index (χ4v) is 1.64. The molecule has 0 bridgehead atoms. The fraction of sp³-hybridized carbons (Fsp3) is 0.455. The molecule has 0 unspecified atom stereocenters. The van der Waals surface area contributed by atoms with E-state index in [0.29, 0.717) is 16.6 Å². The maximum absolute atomic E-state index is 12.6. The van der Waals surface area contributed by atoms with Crippen molar-refractivity contribution in [2.75, 3.05) is 6.61 Å². The SMILES string of the molecule is CCOC(=O)Cc1cc(CBr)cc(C(F)F)n1. The van der Waals surface area contributed by atoms with E-state index in [9.17, 15) is 13.6 Å². The van der Waals surface area contributed by atoms with Crippen molar-refractivity contribution in [2.45, 2.75) is 25.1 Å². The predicted molar refractivity (Wildman–Crippen MR) is 62.2 cm³/mol. The lowest BCUT2D eigenvalue weighted by Crippen LogP contribution is -2.10. The molecule has 1 aromatic rings. The Hall–Kier alpha value is -1.04. The smallest absolute Gasteiger partial charge is 0.311 e. The van der Waals surface area contributed by atoms with E-state index < -0.39 is 12.4 Å². The summed E-state index contributed by atoms with van der Waals surface area (Å²) in [6.07, 6.45) is -2.73. The number of aromatic nitrogens is 1. The standard InChI is InChI=1S/C11H12BrF2NO2/c1-2-17-10(16)5-8-3-7(6-12)4-9(15-8)11(13)14/h3-4,11H,2,5-6H2,1H3. The summed E-state index contributed by atoms with van der Waals surface area (Å²) in [5.41, 5.74) is 0.645. The topological polar surface area (TPSA) is 39.2 Å². The lowest BCUT2D eigenvalue weighted by Gasteiger charge is -2.06. The number of pyridine rings is 1. The van der Waals surface area contributed by atoms with Gasteiger partial charge in [0.2, 0.25) is 0 Å². The van der Waals surface area contributed by atoms with Gasteiger partial charge in [0.1, 0.15) is 5.69 Å². The summed E-state index contributed by atoms with van der Waals surface area (Å²) in [6.45, 7) is 1.95. The first-order valence-corrected chi connectivity index (χ1v) is 6.18. The Kier molecular flexibility index (Phi) is 5.47. The molecule has 0 N–H and O–H groups in total. The monoisotopic (exact) mass is 307 g/mol. The summed E-state index contributed by atoms with van der Waals surface area (Å²) >= 11 is 3.18. The van der Waals surface area contributed by atoms with Crippen LogP contribution in [0.4, 0.5) is 8.78 Å². The van der Waals surface area contributed by atoms with Crippen LogP contribution in [0.3, 0.4) is 0 Å². The zero-order valence-corrected chi connectivity index (χ0v) is 10.8. The molecule has 0 aromatic carbocycles. The van der Waals surface area contributed by atoms with Gasteiger partial charge in [-0.25, -0.2) is 8.78 Å². The van der Waals surface area contributed by atoms with Crippen LogP contribution in [0.25, 0.3) is 0 Å². The van der Waals surface area contributed by atoms with Gasteiger partial charge in [0.15, 0.2) is 0 Å². The molecule has 0 fully saturated rings. The molecule has 1 rings (SSSR count). The van der Waals surface area contributed by atoms with Crippen molar-refractivity contribution in [3.05, 3.63) is 29.1 Å². The quantitative estimate of drug-likeness (QED) is 0.620. The van der Waals surface area contributed by atoms with Crippen LogP contribution in [-0.4, -0.2) is 17.6 Å². The third-order valence-electron chi connectivity index (χ3n) is 1.97. The minimum atomic E-state index is -2.64. The van der Waals surface area contributed by atoms with Crippen LogP contribution >= 0.6 is 15.9 Å². The zero-order valence-electron chi connectivity index (χ0n) is 9.25. The second-order valence-corrected chi connectivity index (χ2v) is 3.87. The van der Waals surface area contributed by atoms with Crippen LogP contribution in [0.2, 0.25) is 0 Å². The number of carbonyl (C=O) groups is 1. The van der Waals surface area contributed by atoms with E-state index >= 15 is 0 Å². The Balaban J connectivity index is 2.90. The molecule has 0 aliphatic rings.